The minimum Gasteiger partial charge on any atom is -0.382 e. The van der Waals surface area contributed by atoms with E-state index in [-0.39, 0.29) is 12.6 Å². The highest BCUT2D eigenvalue weighted by Gasteiger charge is 2.41. The molecule has 1 N–H and O–H groups in total. The third kappa shape index (κ3) is 3.92. The van der Waals surface area contributed by atoms with E-state index in [1.807, 2.05) is 20.8 Å². The van der Waals surface area contributed by atoms with Crippen molar-refractivity contribution in [3.8, 4) is 0 Å². The molecule has 1 heterocycles. The summed E-state index contributed by atoms with van der Waals surface area (Å²) in [5.41, 5.74) is -0.469. The van der Waals surface area contributed by atoms with Crippen molar-refractivity contribution in [1.29, 1.82) is 0 Å². The SMILES string of the molecule is CC1CN(CC(O)C(F)(F)F)CC(C)(C)O1. The van der Waals surface area contributed by atoms with Crippen LogP contribution < -0.4 is 0 Å². The molecule has 3 nitrogen and oxygen atoms in total. The van der Waals surface area contributed by atoms with Crippen molar-refractivity contribution in [3.05, 3.63) is 0 Å². The van der Waals surface area contributed by atoms with Crippen LogP contribution in [0.15, 0.2) is 0 Å². The van der Waals surface area contributed by atoms with Crippen LogP contribution >= 0.6 is 0 Å². The average molecular weight is 241 g/mol. The fourth-order valence-corrected chi connectivity index (χ4v) is 2.07. The van der Waals surface area contributed by atoms with Crippen LogP contribution in [0, 0.1) is 0 Å². The molecule has 0 aromatic rings. The Labute approximate surface area is 93.2 Å². The molecule has 6 heteroatoms. The predicted octanol–water partition coefficient (Wildman–Crippen LogP) is 1.41. The smallest absolute Gasteiger partial charge is 0.382 e. The topological polar surface area (TPSA) is 32.7 Å². The number of ether oxygens (including phenoxy) is 1. The maximum absolute atomic E-state index is 12.2. The summed E-state index contributed by atoms with van der Waals surface area (Å²) in [4.78, 5) is 1.59. The summed E-state index contributed by atoms with van der Waals surface area (Å²) in [5.74, 6) is 0. The lowest BCUT2D eigenvalue weighted by Crippen LogP contribution is -2.55. The molecule has 16 heavy (non-hydrogen) atoms. The van der Waals surface area contributed by atoms with Crippen molar-refractivity contribution in [2.45, 2.75) is 44.8 Å². The monoisotopic (exact) mass is 241 g/mol. The van der Waals surface area contributed by atoms with Gasteiger partial charge in [0, 0.05) is 19.6 Å². The molecule has 1 rings (SSSR count). The number of morpholine rings is 1. The van der Waals surface area contributed by atoms with Gasteiger partial charge in [0.05, 0.1) is 11.7 Å². The van der Waals surface area contributed by atoms with E-state index in [9.17, 15) is 13.2 Å². The van der Waals surface area contributed by atoms with Gasteiger partial charge in [-0.1, -0.05) is 0 Å². The molecule has 0 amide bonds. The molecule has 0 aromatic heterocycles. The van der Waals surface area contributed by atoms with E-state index < -0.39 is 17.9 Å². The van der Waals surface area contributed by atoms with Gasteiger partial charge < -0.3 is 9.84 Å². The lowest BCUT2D eigenvalue weighted by Gasteiger charge is -2.42. The van der Waals surface area contributed by atoms with Crippen LogP contribution in [0.3, 0.4) is 0 Å². The highest BCUT2D eigenvalue weighted by molar-refractivity contribution is 4.84. The second-order valence-electron chi connectivity index (χ2n) is 4.94. The lowest BCUT2D eigenvalue weighted by atomic mass is 10.1. The predicted molar refractivity (Wildman–Crippen MR) is 53.1 cm³/mol. The first-order chi connectivity index (χ1) is 7.10. The summed E-state index contributed by atoms with van der Waals surface area (Å²) in [6, 6.07) is 0. The molecule has 0 radical (unpaired) electrons. The average Bonchev–Trinajstić information content (AvgIpc) is 1.97. The Bertz CT molecular complexity index is 243. The summed E-state index contributed by atoms with van der Waals surface area (Å²) in [7, 11) is 0. The van der Waals surface area contributed by atoms with E-state index in [1.165, 1.54) is 0 Å². The van der Waals surface area contributed by atoms with Gasteiger partial charge in [-0.15, -0.1) is 0 Å². The van der Waals surface area contributed by atoms with Gasteiger partial charge >= 0.3 is 6.18 Å². The van der Waals surface area contributed by atoms with Gasteiger partial charge in [-0.25, -0.2) is 0 Å². The maximum Gasteiger partial charge on any atom is 0.415 e. The molecule has 1 saturated heterocycles. The third-order valence-corrected chi connectivity index (χ3v) is 2.45. The number of nitrogens with zero attached hydrogens (tertiary/aromatic N) is 1. The van der Waals surface area contributed by atoms with Gasteiger partial charge in [0.15, 0.2) is 6.10 Å². The molecule has 1 aliphatic rings. The number of halogens is 3. The van der Waals surface area contributed by atoms with E-state index in [4.69, 9.17) is 9.84 Å². The second kappa shape index (κ2) is 4.50. The van der Waals surface area contributed by atoms with Crippen LogP contribution in [0.25, 0.3) is 0 Å². The van der Waals surface area contributed by atoms with Gasteiger partial charge in [-0.05, 0) is 20.8 Å². The van der Waals surface area contributed by atoms with Gasteiger partial charge in [0.1, 0.15) is 0 Å². The number of alkyl halides is 3. The molecule has 96 valence electrons. The molecule has 2 unspecified atom stereocenters. The van der Waals surface area contributed by atoms with E-state index in [2.05, 4.69) is 0 Å². The molecule has 0 bridgehead atoms. The largest absolute Gasteiger partial charge is 0.415 e. The Balaban J connectivity index is 2.55. The minimum absolute atomic E-state index is 0.121. The normalized spacial score (nSPS) is 29.1. The zero-order valence-electron chi connectivity index (χ0n) is 9.71. The van der Waals surface area contributed by atoms with Crippen LogP contribution in [-0.2, 0) is 4.74 Å². The third-order valence-electron chi connectivity index (χ3n) is 2.45. The van der Waals surface area contributed by atoms with Gasteiger partial charge in [0.2, 0.25) is 0 Å². The van der Waals surface area contributed by atoms with Gasteiger partial charge in [-0.3, -0.25) is 4.90 Å². The standard InChI is InChI=1S/C10H18F3NO2/c1-7-4-14(6-9(2,3)16-7)5-8(15)10(11,12)13/h7-8,15H,4-6H2,1-3H3. The number of β-amino-alcohol motifs (C(OH)–C–C–N with tert-alkyl or cyclic N) is 1. The zero-order valence-corrected chi connectivity index (χ0v) is 9.71. The summed E-state index contributed by atoms with van der Waals surface area (Å²) in [5, 5.41) is 8.99. The first-order valence-corrected chi connectivity index (χ1v) is 5.25. The van der Waals surface area contributed by atoms with Crippen LogP contribution in [0.1, 0.15) is 20.8 Å². The summed E-state index contributed by atoms with van der Waals surface area (Å²) >= 11 is 0. The first-order valence-electron chi connectivity index (χ1n) is 5.25. The van der Waals surface area contributed by atoms with E-state index in [0.717, 1.165) is 0 Å². The summed E-state index contributed by atoms with van der Waals surface area (Å²) < 4.78 is 42.1. The van der Waals surface area contributed by atoms with E-state index in [0.29, 0.717) is 13.1 Å². The van der Waals surface area contributed by atoms with Crippen molar-refractivity contribution in [1.82, 2.24) is 4.90 Å². The number of aliphatic hydroxyl groups excluding tert-OH is 1. The van der Waals surface area contributed by atoms with Crippen LogP contribution in [0.4, 0.5) is 13.2 Å². The number of hydrogen-bond donors (Lipinski definition) is 1. The zero-order chi connectivity index (χ0) is 12.6. The minimum atomic E-state index is -4.55. The van der Waals surface area contributed by atoms with Crippen molar-refractivity contribution in [3.63, 3.8) is 0 Å². The Morgan fingerprint density at radius 2 is 2.06 bits per heavy atom. The molecule has 2 atom stereocenters. The molecular weight excluding hydrogens is 223 g/mol. The highest BCUT2D eigenvalue weighted by atomic mass is 19.4. The van der Waals surface area contributed by atoms with Crippen LogP contribution in [0.5, 0.6) is 0 Å². The van der Waals surface area contributed by atoms with Crippen molar-refractivity contribution >= 4 is 0 Å². The van der Waals surface area contributed by atoms with E-state index >= 15 is 0 Å². The van der Waals surface area contributed by atoms with Gasteiger partial charge in [0.25, 0.3) is 0 Å². The Kier molecular flexibility index (Phi) is 3.87. The quantitative estimate of drug-likeness (QED) is 0.793. The Morgan fingerprint density at radius 3 is 2.50 bits per heavy atom. The van der Waals surface area contributed by atoms with Crippen molar-refractivity contribution < 1.29 is 23.0 Å². The number of rotatable bonds is 2. The number of hydrogen-bond acceptors (Lipinski definition) is 3. The second-order valence-corrected chi connectivity index (χ2v) is 4.94. The first kappa shape index (κ1) is 13.7. The maximum atomic E-state index is 12.2. The van der Waals surface area contributed by atoms with Crippen LogP contribution in [0.2, 0.25) is 0 Å². The molecule has 0 aromatic carbocycles. The summed E-state index contributed by atoms with van der Waals surface area (Å²) in [6.45, 7) is 5.89. The fourth-order valence-electron chi connectivity index (χ4n) is 2.07. The number of aliphatic hydroxyl groups is 1. The Hall–Kier alpha value is -0.330. The molecule has 0 spiro atoms. The lowest BCUT2D eigenvalue weighted by molar-refractivity contribution is -0.216. The van der Waals surface area contributed by atoms with Crippen molar-refractivity contribution in [2.75, 3.05) is 19.6 Å². The molecule has 0 aliphatic carbocycles. The molecular formula is C10H18F3NO2. The van der Waals surface area contributed by atoms with Crippen molar-refractivity contribution in [2.24, 2.45) is 0 Å². The van der Waals surface area contributed by atoms with Gasteiger partial charge in [-0.2, -0.15) is 13.2 Å². The van der Waals surface area contributed by atoms with Crippen LogP contribution in [-0.4, -0.2) is 53.6 Å². The highest BCUT2D eigenvalue weighted by Crippen LogP contribution is 2.24. The van der Waals surface area contributed by atoms with E-state index in [1.54, 1.807) is 4.90 Å². The summed E-state index contributed by atoms with van der Waals surface area (Å²) in [6.07, 6.45) is -6.95. The molecule has 1 fully saturated rings. The fraction of sp³-hybridized carbons (Fsp3) is 1.00. The Morgan fingerprint density at radius 1 is 1.50 bits per heavy atom. The molecule has 1 aliphatic heterocycles. The molecule has 0 saturated carbocycles.